The van der Waals surface area contributed by atoms with E-state index < -0.39 is 10.9 Å². The SMILES string of the molecule is CC1=CC(=C2C=C(c3cnn(CCC(N)=O)c3)C(N)=NC2(Cl)c2ccc(F)cc2)C=CN1. The Morgan fingerprint density at radius 2 is 2.03 bits per heavy atom. The number of allylic oxidation sites excluding steroid dienone is 4. The lowest BCUT2D eigenvalue weighted by molar-refractivity contribution is -0.118. The molecule has 1 aromatic carbocycles. The number of carbonyl (C=O) groups is 1. The maximum atomic E-state index is 13.6. The number of aromatic nitrogens is 2. The van der Waals surface area contributed by atoms with Crippen LogP contribution in [0, 0.1) is 5.82 Å². The Kier molecular flexibility index (Phi) is 5.71. The second-order valence-electron chi connectivity index (χ2n) is 7.57. The minimum absolute atomic E-state index is 0.177. The van der Waals surface area contributed by atoms with Crippen LogP contribution in [-0.2, 0) is 16.3 Å². The number of hydrogen-bond donors (Lipinski definition) is 3. The molecule has 0 fully saturated rings. The van der Waals surface area contributed by atoms with Crippen molar-refractivity contribution in [2.45, 2.75) is 24.9 Å². The molecule has 5 N–H and O–H groups in total. The van der Waals surface area contributed by atoms with Crippen molar-refractivity contribution in [3.05, 3.63) is 94.9 Å². The van der Waals surface area contributed by atoms with E-state index in [4.69, 9.17) is 23.1 Å². The molecule has 164 valence electrons. The molecule has 0 saturated carbocycles. The first-order valence-corrected chi connectivity index (χ1v) is 10.3. The summed E-state index contributed by atoms with van der Waals surface area (Å²) in [4.78, 5) is 14.4. The number of nitrogens with two attached hydrogens (primary N) is 2. The van der Waals surface area contributed by atoms with Gasteiger partial charge in [0.15, 0.2) is 5.00 Å². The highest BCUT2D eigenvalue weighted by atomic mass is 35.5. The minimum atomic E-state index is -1.34. The van der Waals surface area contributed by atoms with E-state index in [2.05, 4.69) is 15.4 Å². The van der Waals surface area contributed by atoms with Crippen LogP contribution in [0.4, 0.5) is 4.39 Å². The zero-order valence-electron chi connectivity index (χ0n) is 17.3. The number of hydrogen-bond acceptors (Lipinski definition) is 5. The highest BCUT2D eigenvalue weighted by Crippen LogP contribution is 2.45. The van der Waals surface area contributed by atoms with Crippen LogP contribution in [0.1, 0.15) is 24.5 Å². The fraction of sp³-hybridized carbons (Fsp3) is 0.174. The van der Waals surface area contributed by atoms with Gasteiger partial charge in [-0.25, -0.2) is 9.38 Å². The number of aliphatic imine (C=N–C) groups is 1. The Labute approximate surface area is 189 Å². The number of aryl methyl sites for hydroxylation is 1. The average Bonchev–Trinajstić information content (AvgIpc) is 3.21. The highest BCUT2D eigenvalue weighted by molar-refractivity contribution is 6.31. The van der Waals surface area contributed by atoms with Crippen LogP contribution in [0.3, 0.4) is 0 Å². The summed E-state index contributed by atoms with van der Waals surface area (Å²) in [6, 6.07) is 5.88. The molecule has 1 aromatic heterocycles. The zero-order valence-corrected chi connectivity index (χ0v) is 18.1. The fourth-order valence-electron chi connectivity index (χ4n) is 3.60. The van der Waals surface area contributed by atoms with Crippen molar-refractivity contribution in [1.82, 2.24) is 15.1 Å². The van der Waals surface area contributed by atoms with Crippen LogP contribution in [0.5, 0.6) is 0 Å². The normalized spacial score (nSPS) is 22.7. The lowest BCUT2D eigenvalue weighted by Gasteiger charge is -2.31. The highest BCUT2D eigenvalue weighted by Gasteiger charge is 2.38. The van der Waals surface area contributed by atoms with Crippen molar-refractivity contribution in [1.29, 1.82) is 0 Å². The molecule has 0 saturated heterocycles. The summed E-state index contributed by atoms with van der Waals surface area (Å²) in [5.74, 6) is -0.548. The third-order valence-electron chi connectivity index (χ3n) is 5.21. The van der Waals surface area contributed by atoms with E-state index in [9.17, 15) is 9.18 Å². The number of halogens is 2. The maximum Gasteiger partial charge on any atom is 0.219 e. The van der Waals surface area contributed by atoms with Crippen molar-refractivity contribution in [3.63, 3.8) is 0 Å². The zero-order chi connectivity index (χ0) is 22.9. The van der Waals surface area contributed by atoms with Crippen LogP contribution in [0.15, 0.2) is 82.9 Å². The summed E-state index contributed by atoms with van der Waals surface area (Å²) in [5, 5.41) is 7.41. The number of carbonyl (C=O) groups excluding carboxylic acids is 1. The van der Waals surface area contributed by atoms with E-state index >= 15 is 0 Å². The van der Waals surface area contributed by atoms with Gasteiger partial charge in [-0.3, -0.25) is 9.48 Å². The molecular weight excluding hydrogens is 431 g/mol. The summed E-state index contributed by atoms with van der Waals surface area (Å²) < 4.78 is 15.2. The molecule has 3 heterocycles. The van der Waals surface area contributed by atoms with E-state index in [0.717, 1.165) is 16.8 Å². The Morgan fingerprint density at radius 3 is 2.72 bits per heavy atom. The van der Waals surface area contributed by atoms with Crippen molar-refractivity contribution in [3.8, 4) is 0 Å². The van der Waals surface area contributed by atoms with Gasteiger partial charge in [0.05, 0.1) is 6.20 Å². The molecule has 1 unspecified atom stereocenters. The molecule has 1 amide bonds. The number of amides is 1. The van der Waals surface area contributed by atoms with Crippen molar-refractivity contribution in [2.75, 3.05) is 0 Å². The van der Waals surface area contributed by atoms with E-state index in [-0.39, 0.29) is 18.1 Å². The largest absolute Gasteiger partial charge is 0.383 e. The molecule has 0 spiro atoms. The fourth-order valence-corrected chi connectivity index (χ4v) is 3.98. The van der Waals surface area contributed by atoms with Crippen LogP contribution in [-0.4, -0.2) is 21.5 Å². The number of benzene rings is 1. The smallest absolute Gasteiger partial charge is 0.219 e. The van der Waals surface area contributed by atoms with Gasteiger partial charge >= 0.3 is 0 Å². The first-order valence-electron chi connectivity index (χ1n) is 9.96. The second kappa shape index (κ2) is 8.47. The Hall–Kier alpha value is -3.65. The van der Waals surface area contributed by atoms with Crippen molar-refractivity contribution < 1.29 is 9.18 Å². The van der Waals surface area contributed by atoms with Gasteiger partial charge in [-0.1, -0.05) is 23.7 Å². The van der Waals surface area contributed by atoms with E-state index in [0.29, 0.717) is 23.3 Å². The van der Waals surface area contributed by atoms with Gasteiger partial charge in [0.1, 0.15) is 11.7 Å². The second-order valence-corrected chi connectivity index (χ2v) is 8.11. The summed E-state index contributed by atoms with van der Waals surface area (Å²) in [7, 11) is 0. The molecule has 2 aliphatic heterocycles. The molecule has 1 atom stereocenters. The standard InChI is InChI=1S/C23H22ClFN6O/c1-14-10-15(6-8-28-14)20-11-19(16-12-29-31(13-16)9-7-21(26)32)22(27)30-23(20,24)17-2-4-18(25)5-3-17/h2-6,8,10-13,28H,7,9H2,1H3,(H2,26,32)(H2,27,30). The lowest BCUT2D eigenvalue weighted by atomic mass is 9.87. The number of dihydropyridines is 2. The number of alkyl halides is 1. The van der Waals surface area contributed by atoms with E-state index in [1.165, 1.54) is 12.1 Å². The number of amidine groups is 1. The Morgan fingerprint density at radius 1 is 1.28 bits per heavy atom. The monoisotopic (exact) mass is 452 g/mol. The van der Waals surface area contributed by atoms with Gasteiger partial charge in [-0.2, -0.15) is 5.10 Å². The maximum absolute atomic E-state index is 13.6. The topological polar surface area (TPSA) is 111 Å². The lowest BCUT2D eigenvalue weighted by Crippen LogP contribution is -2.30. The number of nitrogens with one attached hydrogen (secondary N) is 1. The predicted octanol–water partition coefficient (Wildman–Crippen LogP) is 3.06. The van der Waals surface area contributed by atoms with Gasteiger partial charge in [-0.05, 0) is 48.4 Å². The van der Waals surface area contributed by atoms with Gasteiger partial charge < -0.3 is 16.8 Å². The molecule has 0 radical (unpaired) electrons. The molecule has 0 aliphatic carbocycles. The third-order valence-corrected chi connectivity index (χ3v) is 5.72. The molecule has 2 aliphatic rings. The predicted molar refractivity (Wildman–Crippen MR) is 123 cm³/mol. The number of rotatable bonds is 5. The molecule has 2 aromatic rings. The number of primary amides is 1. The van der Waals surface area contributed by atoms with Crippen LogP contribution in [0.25, 0.3) is 5.57 Å². The minimum Gasteiger partial charge on any atom is -0.383 e. The summed E-state index contributed by atoms with van der Waals surface area (Å²) in [6.07, 6.45) is 11.1. The average molecular weight is 453 g/mol. The summed E-state index contributed by atoms with van der Waals surface area (Å²) >= 11 is 7.09. The van der Waals surface area contributed by atoms with Gasteiger partial charge in [0, 0.05) is 47.8 Å². The molecular formula is C23H22ClFN6O. The van der Waals surface area contributed by atoms with Crippen LogP contribution < -0.4 is 16.8 Å². The Bertz CT molecular complexity index is 1220. The summed E-state index contributed by atoms with van der Waals surface area (Å²) in [6.45, 7) is 2.30. The molecule has 9 heteroatoms. The van der Waals surface area contributed by atoms with E-state index in [1.807, 2.05) is 31.4 Å². The third kappa shape index (κ3) is 4.22. The Balaban J connectivity index is 1.83. The van der Waals surface area contributed by atoms with Crippen molar-refractivity contribution in [2.24, 2.45) is 16.5 Å². The van der Waals surface area contributed by atoms with Crippen LogP contribution in [0.2, 0.25) is 0 Å². The number of nitrogens with zero attached hydrogens (tertiary/aromatic N) is 3. The van der Waals surface area contributed by atoms with Gasteiger partial charge in [0.2, 0.25) is 5.91 Å². The molecule has 4 rings (SSSR count). The molecule has 0 bridgehead atoms. The van der Waals surface area contributed by atoms with Gasteiger partial charge in [-0.15, -0.1) is 0 Å². The first kappa shape index (κ1) is 21.6. The molecule has 32 heavy (non-hydrogen) atoms. The molecule has 7 nitrogen and oxygen atoms in total. The summed E-state index contributed by atoms with van der Waals surface area (Å²) in [5.41, 5.74) is 16.0. The van der Waals surface area contributed by atoms with Crippen molar-refractivity contribution >= 4 is 28.9 Å². The van der Waals surface area contributed by atoms with Crippen LogP contribution >= 0.6 is 11.6 Å². The quantitative estimate of drug-likeness (QED) is 0.478. The first-order chi connectivity index (χ1) is 15.3. The van der Waals surface area contributed by atoms with E-state index in [1.54, 1.807) is 29.2 Å². The van der Waals surface area contributed by atoms with Gasteiger partial charge in [0.25, 0.3) is 0 Å².